The first-order valence-electron chi connectivity index (χ1n) is 8.26. The van der Waals surface area contributed by atoms with Crippen LogP contribution in [0, 0.1) is 5.82 Å². The Morgan fingerprint density at radius 1 is 1.17 bits per heavy atom. The molecule has 0 aromatic heterocycles. The van der Waals surface area contributed by atoms with Crippen LogP contribution in [0.3, 0.4) is 0 Å². The molecule has 0 fully saturated rings. The van der Waals surface area contributed by atoms with Crippen LogP contribution < -0.4 is 5.32 Å². The molecule has 0 spiro atoms. The zero-order valence-electron chi connectivity index (χ0n) is 13.6. The van der Waals surface area contributed by atoms with Crippen molar-refractivity contribution in [3.05, 3.63) is 71.0 Å². The number of benzene rings is 2. The first-order chi connectivity index (χ1) is 10.8. The van der Waals surface area contributed by atoms with E-state index in [1.54, 1.807) is 6.07 Å². The summed E-state index contributed by atoms with van der Waals surface area (Å²) in [6.45, 7) is 0.891. The molecule has 0 radical (unpaired) electrons. The maximum Gasteiger partial charge on any atom is 0.123 e. The lowest BCUT2D eigenvalue weighted by Crippen LogP contribution is -2.21. The van der Waals surface area contributed by atoms with Gasteiger partial charge < -0.3 is 5.32 Å². The predicted molar refractivity (Wildman–Crippen MR) is 97.1 cm³/mol. The molecule has 2 aromatic carbocycles. The van der Waals surface area contributed by atoms with Gasteiger partial charge in [0.2, 0.25) is 0 Å². The molecule has 2 aromatic rings. The molecule has 2 atom stereocenters. The first-order valence-corrected chi connectivity index (χ1v) is 8.26. The van der Waals surface area contributed by atoms with Crippen molar-refractivity contribution in [3.63, 3.8) is 0 Å². The molecule has 124 valence electrons. The van der Waals surface area contributed by atoms with E-state index in [2.05, 4.69) is 35.6 Å². The quantitative estimate of drug-likeness (QED) is 0.806. The molecule has 1 nitrogen and oxygen atoms in total. The van der Waals surface area contributed by atoms with Crippen LogP contribution in [-0.2, 0) is 6.42 Å². The molecule has 1 aliphatic rings. The third-order valence-electron chi connectivity index (χ3n) is 4.83. The zero-order valence-corrected chi connectivity index (χ0v) is 14.4. The lowest BCUT2D eigenvalue weighted by Gasteiger charge is -2.29. The fourth-order valence-electron chi connectivity index (χ4n) is 3.79. The van der Waals surface area contributed by atoms with E-state index < -0.39 is 0 Å². The number of nitrogens with one attached hydrogen (secondary N) is 1. The second-order valence-electron chi connectivity index (χ2n) is 6.33. The monoisotopic (exact) mass is 333 g/mol. The minimum absolute atomic E-state index is 0. The number of likely N-dealkylation sites (N-methyl/N-ethyl adjacent to an activating group) is 1. The average Bonchev–Trinajstić information content (AvgIpc) is 2.55. The second-order valence-corrected chi connectivity index (χ2v) is 6.33. The van der Waals surface area contributed by atoms with E-state index in [4.69, 9.17) is 0 Å². The number of halogens is 2. The topological polar surface area (TPSA) is 12.0 Å². The molecule has 3 rings (SSSR count). The number of rotatable bonds is 5. The van der Waals surface area contributed by atoms with E-state index in [1.807, 2.05) is 13.1 Å². The summed E-state index contributed by atoms with van der Waals surface area (Å²) in [5.41, 5.74) is 4.12. The van der Waals surface area contributed by atoms with Gasteiger partial charge in [-0.1, -0.05) is 36.4 Å². The van der Waals surface area contributed by atoms with Gasteiger partial charge in [-0.05, 0) is 73.4 Å². The van der Waals surface area contributed by atoms with E-state index in [1.165, 1.54) is 36.5 Å². The Kier molecular flexibility index (Phi) is 6.61. The molecule has 0 aliphatic heterocycles. The molecule has 3 heteroatoms. The summed E-state index contributed by atoms with van der Waals surface area (Å²) < 4.78 is 13.6. The van der Waals surface area contributed by atoms with Crippen LogP contribution >= 0.6 is 12.4 Å². The summed E-state index contributed by atoms with van der Waals surface area (Å²) in [7, 11) is 1.97. The van der Waals surface area contributed by atoms with E-state index in [0.717, 1.165) is 18.5 Å². The third-order valence-corrected chi connectivity index (χ3v) is 4.83. The van der Waals surface area contributed by atoms with Gasteiger partial charge in [0, 0.05) is 6.54 Å². The van der Waals surface area contributed by atoms with Crippen LogP contribution in [0.1, 0.15) is 47.8 Å². The Bertz CT molecular complexity index is 629. The minimum Gasteiger partial charge on any atom is -0.319 e. The van der Waals surface area contributed by atoms with E-state index in [9.17, 15) is 4.39 Å². The molecule has 0 bridgehead atoms. The van der Waals surface area contributed by atoms with Gasteiger partial charge in [0.1, 0.15) is 5.82 Å². The van der Waals surface area contributed by atoms with Crippen LogP contribution in [0.2, 0.25) is 0 Å². The lowest BCUT2D eigenvalue weighted by molar-refractivity contribution is 0.459. The third kappa shape index (κ3) is 4.33. The van der Waals surface area contributed by atoms with Crippen molar-refractivity contribution in [2.45, 2.75) is 37.5 Å². The van der Waals surface area contributed by atoms with Gasteiger partial charge in [0.25, 0.3) is 0 Å². The molecule has 0 saturated heterocycles. The Balaban J connectivity index is 0.00000192. The number of hydrogen-bond donors (Lipinski definition) is 1. The summed E-state index contributed by atoms with van der Waals surface area (Å²) in [5, 5.41) is 3.28. The van der Waals surface area contributed by atoms with Crippen LogP contribution in [0.15, 0.2) is 48.5 Å². The van der Waals surface area contributed by atoms with Gasteiger partial charge in [-0.25, -0.2) is 4.39 Å². The van der Waals surface area contributed by atoms with Crippen molar-refractivity contribution in [2.24, 2.45) is 0 Å². The lowest BCUT2D eigenvalue weighted by atomic mass is 9.77. The van der Waals surface area contributed by atoms with Crippen molar-refractivity contribution in [1.29, 1.82) is 0 Å². The average molecular weight is 334 g/mol. The minimum atomic E-state index is -0.136. The van der Waals surface area contributed by atoms with Crippen molar-refractivity contribution in [3.8, 4) is 0 Å². The van der Waals surface area contributed by atoms with Gasteiger partial charge in [-0.3, -0.25) is 0 Å². The van der Waals surface area contributed by atoms with Gasteiger partial charge in [0.05, 0.1) is 0 Å². The van der Waals surface area contributed by atoms with Crippen LogP contribution in [0.4, 0.5) is 4.39 Å². The summed E-state index contributed by atoms with van der Waals surface area (Å²) in [6, 6.07) is 15.9. The first kappa shape index (κ1) is 18.0. The predicted octanol–water partition coefficient (Wildman–Crippen LogP) is 5.06. The van der Waals surface area contributed by atoms with Crippen molar-refractivity contribution in [1.82, 2.24) is 5.32 Å². The summed E-state index contributed by atoms with van der Waals surface area (Å²) in [4.78, 5) is 0. The highest BCUT2D eigenvalue weighted by molar-refractivity contribution is 5.85. The molecule has 0 heterocycles. The summed E-state index contributed by atoms with van der Waals surface area (Å²) >= 11 is 0. The fourth-order valence-corrected chi connectivity index (χ4v) is 3.79. The SMILES string of the molecule is CNCC(CC1CCCc2ccccc21)c1cccc(F)c1.Cl. The number of aryl methyl sites for hydroxylation is 1. The Morgan fingerprint density at radius 3 is 2.78 bits per heavy atom. The highest BCUT2D eigenvalue weighted by Crippen LogP contribution is 2.38. The van der Waals surface area contributed by atoms with Crippen molar-refractivity contribution < 1.29 is 4.39 Å². The summed E-state index contributed by atoms with van der Waals surface area (Å²) in [5.74, 6) is 0.811. The molecule has 0 saturated carbocycles. The Labute approximate surface area is 144 Å². The number of hydrogen-bond acceptors (Lipinski definition) is 1. The standard InChI is InChI=1S/C20H24FN.ClH/c1-22-14-18(16-8-5-10-19(21)13-16)12-17-9-4-7-15-6-2-3-11-20(15)17;/h2-3,5-6,8,10-11,13,17-18,22H,4,7,9,12,14H2,1H3;1H. The molecular weight excluding hydrogens is 309 g/mol. The zero-order chi connectivity index (χ0) is 15.4. The van der Waals surface area contributed by atoms with Crippen LogP contribution in [-0.4, -0.2) is 13.6 Å². The van der Waals surface area contributed by atoms with E-state index in [-0.39, 0.29) is 18.2 Å². The normalized spacial score (nSPS) is 17.9. The van der Waals surface area contributed by atoms with Crippen LogP contribution in [0.25, 0.3) is 0 Å². The smallest absolute Gasteiger partial charge is 0.123 e. The second kappa shape index (κ2) is 8.47. The van der Waals surface area contributed by atoms with Gasteiger partial charge in [-0.2, -0.15) is 0 Å². The maximum absolute atomic E-state index is 13.6. The molecule has 0 amide bonds. The van der Waals surface area contributed by atoms with Crippen molar-refractivity contribution >= 4 is 12.4 Å². The molecule has 2 unspecified atom stereocenters. The van der Waals surface area contributed by atoms with Crippen molar-refractivity contribution in [2.75, 3.05) is 13.6 Å². The maximum atomic E-state index is 13.6. The molecular formula is C20H25ClFN. The van der Waals surface area contributed by atoms with Gasteiger partial charge in [-0.15, -0.1) is 12.4 Å². The highest BCUT2D eigenvalue weighted by Gasteiger charge is 2.24. The number of fused-ring (bicyclic) bond motifs is 1. The van der Waals surface area contributed by atoms with E-state index >= 15 is 0 Å². The Morgan fingerprint density at radius 2 is 2.00 bits per heavy atom. The van der Waals surface area contributed by atoms with Gasteiger partial charge in [0.15, 0.2) is 0 Å². The largest absolute Gasteiger partial charge is 0.319 e. The fraction of sp³-hybridized carbons (Fsp3) is 0.400. The molecule has 23 heavy (non-hydrogen) atoms. The highest BCUT2D eigenvalue weighted by atomic mass is 35.5. The Hall–Kier alpha value is -1.38. The summed E-state index contributed by atoms with van der Waals surface area (Å²) in [6.07, 6.45) is 4.79. The molecule has 1 N–H and O–H groups in total. The van der Waals surface area contributed by atoms with Crippen LogP contribution in [0.5, 0.6) is 0 Å². The molecule has 1 aliphatic carbocycles. The van der Waals surface area contributed by atoms with Gasteiger partial charge >= 0.3 is 0 Å². The van der Waals surface area contributed by atoms with E-state index in [0.29, 0.717) is 11.8 Å².